The van der Waals surface area contributed by atoms with E-state index in [9.17, 15) is 0 Å². The van der Waals surface area contributed by atoms with Gasteiger partial charge in [-0.15, -0.1) is 0 Å². The predicted molar refractivity (Wildman–Crippen MR) is 90.8 cm³/mol. The summed E-state index contributed by atoms with van der Waals surface area (Å²) in [5, 5.41) is 3.27. The van der Waals surface area contributed by atoms with E-state index >= 15 is 0 Å². The Balaban J connectivity index is 1.99. The third kappa shape index (κ3) is 3.19. The van der Waals surface area contributed by atoms with Crippen LogP contribution in [0.1, 0.15) is 19.8 Å². The summed E-state index contributed by atoms with van der Waals surface area (Å²) in [5.74, 6) is 0.811. The Labute approximate surface area is 131 Å². The van der Waals surface area contributed by atoms with Gasteiger partial charge in [0.1, 0.15) is 5.69 Å². The minimum Gasteiger partial charge on any atom is -0.423 e. The highest BCUT2D eigenvalue weighted by Crippen LogP contribution is 2.34. The second-order valence-electron chi connectivity index (χ2n) is 5.21. The first kappa shape index (κ1) is 14.4. The normalized spacial score (nSPS) is 10.6. The molecule has 112 valence electrons. The molecule has 0 aliphatic rings. The fourth-order valence-electron chi connectivity index (χ4n) is 2.34. The molecule has 3 nitrogen and oxygen atoms in total. The van der Waals surface area contributed by atoms with E-state index in [0.29, 0.717) is 6.01 Å². The van der Waals surface area contributed by atoms with E-state index < -0.39 is 0 Å². The Morgan fingerprint density at radius 2 is 1.55 bits per heavy atom. The molecule has 0 aliphatic carbocycles. The van der Waals surface area contributed by atoms with Gasteiger partial charge >= 0.3 is 0 Å². The highest BCUT2D eigenvalue weighted by molar-refractivity contribution is 5.77. The molecule has 0 radical (unpaired) electrons. The molecule has 0 bridgehead atoms. The molecule has 0 saturated carbocycles. The van der Waals surface area contributed by atoms with Crippen LogP contribution in [0, 0.1) is 0 Å². The molecule has 0 atom stereocenters. The lowest BCUT2D eigenvalue weighted by molar-refractivity contribution is 0.583. The largest absolute Gasteiger partial charge is 0.423 e. The molecular weight excluding hydrogens is 272 g/mol. The molecule has 1 heterocycles. The first-order valence-corrected chi connectivity index (χ1v) is 7.74. The number of aromatic nitrogens is 1. The zero-order valence-electron chi connectivity index (χ0n) is 12.8. The SMILES string of the molecule is CCCCNc1nc(-c2ccccc2)c(-c2ccccc2)o1. The maximum absolute atomic E-state index is 5.98. The molecule has 2 aromatic carbocycles. The molecule has 0 fully saturated rings. The summed E-state index contributed by atoms with van der Waals surface area (Å²) in [6, 6.07) is 20.9. The van der Waals surface area contributed by atoms with Crippen molar-refractivity contribution in [3.8, 4) is 22.6 Å². The Bertz CT molecular complexity index is 648. The van der Waals surface area contributed by atoms with Gasteiger partial charge < -0.3 is 9.73 Å². The third-order valence-corrected chi connectivity index (χ3v) is 3.52. The number of hydrogen-bond donors (Lipinski definition) is 1. The van der Waals surface area contributed by atoms with Crippen molar-refractivity contribution >= 4 is 6.01 Å². The van der Waals surface area contributed by atoms with E-state index in [2.05, 4.69) is 29.4 Å². The van der Waals surface area contributed by atoms with Gasteiger partial charge in [-0.1, -0.05) is 74.0 Å². The molecule has 0 spiro atoms. The number of hydrogen-bond acceptors (Lipinski definition) is 3. The van der Waals surface area contributed by atoms with Crippen LogP contribution in [0.4, 0.5) is 6.01 Å². The predicted octanol–water partition coefficient (Wildman–Crippen LogP) is 5.22. The molecule has 3 rings (SSSR count). The van der Waals surface area contributed by atoms with Gasteiger partial charge in [0.05, 0.1) is 0 Å². The van der Waals surface area contributed by atoms with Crippen LogP contribution in [0.25, 0.3) is 22.6 Å². The number of benzene rings is 2. The molecular formula is C19H20N2O. The summed E-state index contributed by atoms with van der Waals surface area (Å²) in [5.41, 5.74) is 2.98. The van der Waals surface area contributed by atoms with Gasteiger partial charge in [-0.2, -0.15) is 4.98 Å². The number of nitrogens with zero attached hydrogens (tertiary/aromatic N) is 1. The lowest BCUT2D eigenvalue weighted by Crippen LogP contribution is -2.00. The van der Waals surface area contributed by atoms with E-state index in [0.717, 1.165) is 42.0 Å². The van der Waals surface area contributed by atoms with Crippen LogP contribution in [-0.2, 0) is 0 Å². The van der Waals surface area contributed by atoms with Gasteiger partial charge in [0.2, 0.25) is 0 Å². The second-order valence-corrected chi connectivity index (χ2v) is 5.21. The van der Waals surface area contributed by atoms with E-state index in [4.69, 9.17) is 4.42 Å². The zero-order chi connectivity index (χ0) is 15.2. The van der Waals surface area contributed by atoms with Crippen molar-refractivity contribution < 1.29 is 4.42 Å². The van der Waals surface area contributed by atoms with Crippen LogP contribution >= 0.6 is 0 Å². The summed E-state index contributed by atoms with van der Waals surface area (Å²) in [7, 11) is 0. The van der Waals surface area contributed by atoms with Crippen LogP contribution in [0.15, 0.2) is 65.1 Å². The fraction of sp³-hybridized carbons (Fsp3) is 0.211. The van der Waals surface area contributed by atoms with Crippen molar-refractivity contribution in [1.82, 2.24) is 4.98 Å². The molecule has 0 saturated heterocycles. The summed E-state index contributed by atoms with van der Waals surface area (Å²) in [6.45, 7) is 3.04. The van der Waals surface area contributed by atoms with Gasteiger partial charge in [-0.25, -0.2) is 0 Å². The second kappa shape index (κ2) is 6.94. The van der Waals surface area contributed by atoms with Crippen molar-refractivity contribution in [2.45, 2.75) is 19.8 Å². The van der Waals surface area contributed by atoms with Crippen molar-refractivity contribution in [2.75, 3.05) is 11.9 Å². The maximum Gasteiger partial charge on any atom is 0.295 e. The Hall–Kier alpha value is -2.55. The molecule has 3 heteroatoms. The zero-order valence-corrected chi connectivity index (χ0v) is 12.8. The maximum atomic E-state index is 5.98. The first-order valence-electron chi connectivity index (χ1n) is 7.74. The topological polar surface area (TPSA) is 38.1 Å². The number of nitrogens with one attached hydrogen (secondary N) is 1. The number of anilines is 1. The van der Waals surface area contributed by atoms with Crippen molar-refractivity contribution in [2.24, 2.45) is 0 Å². The van der Waals surface area contributed by atoms with Gasteiger partial charge in [0.15, 0.2) is 5.76 Å². The minimum atomic E-state index is 0.589. The summed E-state index contributed by atoms with van der Waals surface area (Å²) in [4.78, 5) is 4.65. The lowest BCUT2D eigenvalue weighted by Gasteiger charge is -2.00. The Morgan fingerprint density at radius 3 is 2.18 bits per heavy atom. The van der Waals surface area contributed by atoms with Crippen molar-refractivity contribution in [3.05, 3.63) is 60.7 Å². The summed E-state index contributed by atoms with van der Waals surface area (Å²) in [6.07, 6.45) is 2.24. The van der Waals surface area contributed by atoms with E-state index in [1.165, 1.54) is 0 Å². The van der Waals surface area contributed by atoms with Crippen LogP contribution in [-0.4, -0.2) is 11.5 Å². The van der Waals surface area contributed by atoms with Crippen molar-refractivity contribution in [3.63, 3.8) is 0 Å². The molecule has 0 unspecified atom stereocenters. The monoisotopic (exact) mass is 292 g/mol. The van der Waals surface area contributed by atoms with E-state index in [1.54, 1.807) is 0 Å². The smallest absolute Gasteiger partial charge is 0.295 e. The highest BCUT2D eigenvalue weighted by atomic mass is 16.4. The number of unbranched alkanes of at least 4 members (excludes halogenated alkanes) is 1. The third-order valence-electron chi connectivity index (χ3n) is 3.52. The Kier molecular flexibility index (Phi) is 4.54. The van der Waals surface area contributed by atoms with Crippen molar-refractivity contribution in [1.29, 1.82) is 0 Å². The summed E-state index contributed by atoms with van der Waals surface area (Å²) >= 11 is 0. The average molecular weight is 292 g/mol. The molecule has 0 amide bonds. The van der Waals surface area contributed by atoms with Gasteiger partial charge in [-0.3, -0.25) is 0 Å². The Morgan fingerprint density at radius 1 is 0.909 bits per heavy atom. The van der Waals surface area contributed by atoms with Gasteiger partial charge in [-0.05, 0) is 6.42 Å². The van der Waals surface area contributed by atoms with Crippen LogP contribution in [0.3, 0.4) is 0 Å². The average Bonchev–Trinajstić information content (AvgIpc) is 3.01. The van der Waals surface area contributed by atoms with E-state index in [1.807, 2.05) is 48.5 Å². The molecule has 3 aromatic rings. The highest BCUT2D eigenvalue weighted by Gasteiger charge is 2.16. The number of rotatable bonds is 6. The fourth-order valence-corrected chi connectivity index (χ4v) is 2.34. The van der Waals surface area contributed by atoms with Crippen LogP contribution < -0.4 is 5.32 Å². The molecule has 1 aromatic heterocycles. The van der Waals surface area contributed by atoms with Gasteiger partial charge in [0, 0.05) is 17.7 Å². The minimum absolute atomic E-state index is 0.589. The lowest BCUT2D eigenvalue weighted by atomic mass is 10.1. The van der Waals surface area contributed by atoms with Gasteiger partial charge in [0.25, 0.3) is 6.01 Å². The first-order chi connectivity index (χ1) is 10.9. The summed E-state index contributed by atoms with van der Waals surface area (Å²) < 4.78 is 5.98. The van der Waals surface area contributed by atoms with E-state index in [-0.39, 0.29) is 0 Å². The van der Waals surface area contributed by atoms with Crippen LogP contribution in [0.5, 0.6) is 0 Å². The molecule has 1 N–H and O–H groups in total. The molecule has 22 heavy (non-hydrogen) atoms. The molecule has 0 aliphatic heterocycles. The van der Waals surface area contributed by atoms with Crippen LogP contribution in [0.2, 0.25) is 0 Å². The quantitative estimate of drug-likeness (QED) is 0.633. The standard InChI is InChI=1S/C19H20N2O/c1-2-3-14-20-19-21-17(15-10-6-4-7-11-15)18(22-19)16-12-8-5-9-13-16/h4-13H,2-3,14H2,1H3,(H,20,21). The number of oxazole rings is 1.